The zero-order chi connectivity index (χ0) is 25.8. The van der Waals surface area contributed by atoms with Gasteiger partial charge in [-0.25, -0.2) is 4.79 Å². The molecule has 1 aliphatic heterocycles. The first-order valence-corrected chi connectivity index (χ1v) is 11.0. The number of aromatic hydroxyl groups is 4. The number of ether oxygens (including phenoxy) is 2. The second kappa shape index (κ2) is 6.98. The number of fused-ring (bicyclic) bond motifs is 6. The van der Waals surface area contributed by atoms with E-state index in [0.29, 0.717) is 11.1 Å². The molecular formula is C26H18O10. The SMILES string of the molecule is COc1c2c(c(O)c3c1C(=O)c1c(cc(O)c(C)c1O)C3=O)-c1c(cc3c(c1O)C(=O)O[C@@H]3O)CC2. The summed E-state index contributed by atoms with van der Waals surface area (Å²) in [5.74, 6) is -4.69. The number of phenols is 4. The Bertz CT molecular complexity index is 1610. The Morgan fingerprint density at radius 3 is 2.22 bits per heavy atom. The van der Waals surface area contributed by atoms with E-state index in [9.17, 15) is 39.9 Å². The number of esters is 1. The van der Waals surface area contributed by atoms with E-state index in [-0.39, 0.29) is 63.1 Å². The molecule has 0 unspecified atom stereocenters. The van der Waals surface area contributed by atoms with E-state index in [2.05, 4.69) is 0 Å². The van der Waals surface area contributed by atoms with Gasteiger partial charge in [-0.2, -0.15) is 0 Å². The highest BCUT2D eigenvalue weighted by molar-refractivity contribution is 6.32. The Morgan fingerprint density at radius 2 is 1.53 bits per heavy atom. The molecule has 0 saturated heterocycles. The highest BCUT2D eigenvalue weighted by atomic mass is 16.6. The molecule has 0 saturated carbocycles. The smallest absolute Gasteiger partial charge is 0.345 e. The summed E-state index contributed by atoms with van der Waals surface area (Å²) in [7, 11) is 1.29. The lowest BCUT2D eigenvalue weighted by atomic mass is 9.75. The van der Waals surface area contributed by atoms with Crippen LogP contribution >= 0.6 is 0 Å². The monoisotopic (exact) mass is 490 g/mol. The summed E-state index contributed by atoms with van der Waals surface area (Å²) in [6.45, 7) is 1.39. The van der Waals surface area contributed by atoms with Crippen molar-refractivity contribution in [2.45, 2.75) is 26.1 Å². The molecule has 1 heterocycles. The van der Waals surface area contributed by atoms with Crippen molar-refractivity contribution >= 4 is 17.5 Å². The van der Waals surface area contributed by atoms with Crippen molar-refractivity contribution in [3.05, 3.63) is 62.2 Å². The van der Waals surface area contributed by atoms with Gasteiger partial charge in [-0.05, 0) is 37.5 Å². The third-order valence-electron chi connectivity index (χ3n) is 7.18. The molecule has 0 spiro atoms. The van der Waals surface area contributed by atoms with Crippen LogP contribution in [0.15, 0.2) is 12.1 Å². The van der Waals surface area contributed by atoms with Crippen LogP contribution in [0.5, 0.6) is 28.7 Å². The fourth-order valence-corrected chi connectivity index (χ4v) is 5.47. The van der Waals surface area contributed by atoms with Crippen molar-refractivity contribution in [3.8, 4) is 39.9 Å². The van der Waals surface area contributed by atoms with Crippen molar-refractivity contribution in [3.63, 3.8) is 0 Å². The molecule has 0 aromatic heterocycles. The summed E-state index contributed by atoms with van der Waals surface area (Å²) in [6, 6.07) is 2.55. The van der Waals surface area contributed by atoms with Gasteiger partial charge in [-0.3, -0.25) is 9.59 Å². The number of hydrogen-bond acceptors (Lipinski definition) is 10. The molecule has 36 heavy (non-hydrogen) atoms. The van der Waals surface area contributed by atoms with E-state index in [0.717, 1.165) is 6.07 Å². The molecule has 10 heteroatoms. The van der Waals surface area contributed by atoms with E-state index >= 15 is 0 Å². The number of aliphatic hydroxyl groups excluding tert-OH is 1. The number of phenolic OH excluding ortho intramolecular Hbond substituents is 4. The Balaban J connectivity index is 1.71. The summed E-state index contributed by atoms with van der Waals surface area (Å²) >= 11 is 0. The van der Waals surface area contributed by atoms with Crippen LogP contribution in [0.3, 0.4) is 0 Å². The Labute approximate surface area is 202 Å². The van der Waals surface area contributed by atoms with Gasteiger partial charge in [0.1, 0.15) is 34.3 Å². The van der Waals surface area contributed by atoms with Gasteiger partial charge in [-0.1, -0.05) is 0 Å². The van der Waals surface area contributed by atoms with Gasteiger partial charge in [0.15, 0.2) is 5.78 Å². The molecule has 10 nitrogen and oxygen atoms in total. The normalized spacial score (nSPS) is 17.1. The lowest BCUT2D eigenvalue weighted by Gasteiger charge is -2.30. The maximum absolute atomic E-state index is 13.6. The topological polar surface area (TPSA) is 171 Å². The van der Waals surface area contributed by atoms with Crippen molar-refractivity contribution < 1.29 is 49.4 Å². The maximum Gasteiger partial charge on any atom is 0.345 e. The second-order valence-electron chi connectivity index (χ2n) is 8.92. The van der Waals surface area contributed by atoms with Crippen LogP contribution in [-0.2, 0) is 17.6 Å². The van der Waals surface area contributed by atoms with E-state index in [1.165, 1.54) is 20.1 Å². The van der Waals surface area contributed by atoms with Crippen LogP contribution in [0.1, 0.15) is 70.7 Å². The largest absolute Gasteiger partial charge is 0.508 e. The predicted molar refractivity (Wildman–Crippen MR) is 121 cm³/mol. The van der Waals surface area contributed by atoms with E-state index in [4.69, 9.17) is 9.47 Å². The minimum atomic E-state index is -1.55. The molecule has 182 valence electrons. The molecule has 0 radical (unpaired) electrons. The summed E-state index contributed by atoms with van der Waals surface area (Å²) in [4.78, 5) is 39.4. The van der Waals surface area contributed by atoms with Gasteiger partial charge in [0, 0.05) is 33.4 Å². The maximum atomic E-state index is 13.6. The number of carbonyl (C=O) groups is 3. The van der Waals surface area contributed by atoms with E-state index in [1.54, 1.807) is 0 Å². The molecule has 5 N–H and O–H groups in total. The Hall–Kier alpha value is -4.57. The van der Waals surface area contributed by atoms with E-state index < -0.39 is 52.4 Å². The zero-order valence-electron chi connectivity index (χ0n) is 18.9. The minimum Gasteiger partial charge on any atom is -0.508 e. The third-order valence-corrected chi connectivity index (χ3v) is 7.18. The van der Waals surface area contributed by atoms with Crippen molar-refractivity contribution in [2.24, 2.45) is 0 Å². The standard InChI is InChI=1S/C26H18O10/c1-7-12(27)6-10-15(19(7)28)23(32)18-17(20(10)29)22(31)14-9(24(18)35-2)4-3-8-5-11-16(21(30)13(8)14)26(34)36-25(11)33/h5-6,25,27-28,30-31,33H,3-4H2,1-2H3/t25-/m0/s1. The molecule has 0 bridgehead atoms. The van der Waals surface area contributed by atoms with Gasteiger partial charge < -0.3 is 35.0 Å². The summed E-state index contributed by atoms with van der Waals surface area (Å²) in [5.41, 5.74) is -0.564. The average molecular weight is 490 g/mol. The first-order valence-electron chi connectivity index (χ1n) is 11.0. The van der Waals surface area contributed by atoms with Gasteiger partial charge in [-0.15, -0.1) is 0 Å². The summed E-state index contributed by atoms with van der Waals surface area (Å²) in [5, 5.41) is 53.3. The highest BCUT2D eigenvalue weighted by Gasteiger charge is 2.43. The second-order valence-corrected chi connectivity index (χ2v) is 8.92. The first-order chi connectivity index (χ1) is 17.1. The highest BCUT2D eigenvalue weighted by Crippen LogP contribution is 2.55. The van der Waals surface area contributed by atoms with Gasteiger partial charge in [0.2, 0.25) is 12.1 Å². The number of rotatable bonds is 1. The average Bonchev–Trinajstić information content (AvgIpc) is 3.13. The molecule has 0 fully saturated rings. The van der Waals surface area contributed by atoms with Crippen molar-refractivity contribution in [2.75, 3.05) is 7.11 Å². The molecule has 0 amide bonds. The van der Waals surface area contributed by atoms with E-state index in [1.807, 2.05) is 0 Å². The molecule has 1 atom stereocenters. The van der Waals surface area contributed by atoms with Crippen LogP contribution in [0, 0.1) is 6.92 Å². The molecule has 2 aliphatic carbocycles. The van der Waals surface area contributed by atoms with Gasteiger partial charge in [0.05, 0.1) is 23.8 Å². The Kier molecular flexibility index (Phi) is 4.25. The minimum absolute atomic E-state index is 0.00601. The van der Waals surface area contributed by atoms with Crippen LogP contribution in [0.2, 0.25) is 0 Å². The number of benzene rings is 3. The third kappa shape index (κ3) is 2.46. The number of carbonyl (C=O) groups excluding carboxylic acids is 3. The molecular weight excluding hydrogens is 472 g/mol. The van der Waals surface area contributed by atoms with Crippen LogP contribution in [-0.4, -0.2) is 50.2 Å². The van der Waals surface area contributed by atoms with Crippen LogP contribution in [0.4, 0.5) is 0 Å². The summed E-state index contributed by atoms with van der Waals surface area (Å²) in [6.07, 6.45) is -1.03. The predicted octanol–water partition coefficient (Wildman–Crippen LogP) is 2.53. The lowest BCUT2D eigenvalue weighted by molar-refractivity contribution is -0.0548. The van der Waals surface area contributed by atoms with Crippen LogP contribution < -0.4 is 4.74 Å². The number of cyclic esters (lactones) is 1. The quantitative estimate of drug-likeness (QED) is 0.250. The molecule has 3 aromatic rings. The summed E-state index contributed by atoms with van der Waals surface area (Å²) < 4.78 is 10.4. The Morgan fingerprint density at radius 1 is 0.833 bits per heavy atom. The first kappa shape index (κ1) is 21.9. The van der Waals surface area contributed by atoms with Crippen molar-refractivity contribution in [1.82, 2.24) is 0 Å². The molecule has 6 rings (SSSR count). The number of methoxy groups -OCH3 is 1. The molecule has 3 aromatic carbocycles. The van der Waals surface area contributed by atoms with Gasteiger partial charge >= 0.3 is 5.97 Å². The zero-order valence-corrected chi connectivity index (χ0v) is 18.9. The van der Waals surface area contributed by atoms with Gasteiger partial charge in [0.25, 0.3) is 0 Å². The number of ketones is 2. The fraction of sp³-hybridized carbons (Fsp3) is 0.192. The number of hydrogen-bond donors (Lipinski definition) is 5. The number of aryl methyl sites for hydroxylation is 1. The van der Waals surface area contributed by atoms with Crippen LogP contribution in [0.25, 0.3) is 11.1 Å². The molecule has 3 aliphatic rings. The lowest BCUT2D eigenvalue weighted by Crippen LogP contribution is -2.24. The number of aliphatic hydroxyl groups is 1. The van der Waals surface area contributed by atoms with Crippen molar-refractivity contribution in [1.29, 1.82) is 0 Å². The fourth-order valence-electron chi connectivity index (χ4n) is 5.47.